The van der Waals surface area contributed by atoms with Crippen LogP contribution in [0.1, 0.15) is 44.7 Å². The Balaban J connectivity index is 2.24. The second kappa shape index (κ2) is 7.58. The number of carboxylic acid groups (broad SMARTS) is 1. The molecule has 0 unspecified atom stereocenters. The Morgan fingerprint density at radius 2 is 2.04 bits per heavy atom. The fourth-order valence-corrected chi connectivity index (χ4v) is 3.80. The van der Waals surface area contributed by atoms with Crippen LogP contribution < -0.4 is 0 Å². The quantitative estimate of drug-likeness (QED) is 0.599. The lowest BCUT2D eigenvalue weighted by Crippen LogP contribution is -2.29. The Morgan fingerprint density at radius 1 is 1.36 bits per heavy atom. The van der Waals surface area contributed by atoms with Gasteiger partial charge in [0.15, 0.2) is 0 Å². The minimum atomic E-state index is -0.898. The number of hydrogen-bond donors (Lipinski definition) is 2. The van der Waals surface area contributed by atoms with Gasteiger partial charge < -0.3 is 10.2 Å². The predicted octanol–water partition coefficient (Wildman–Crippen LogP) is 3.76. The summed E-state index contributed by atoms with van der Waals surface area (Å²) in [6, 6.07) is 5.46. The first kappa shape index (κ1) is 19.5. The van der Waals surface area contributed by atoms with Gasteiger partial charge in [-0.3, -0.25) is 14.5 Å². The third kappa shape index (κ3) is 4.61. The van der Waals surface area contributed by atoms with Crippen molar-refractivity contribution in [3.05, 3.63) is 34.2 Å². The van der Waals surface area contributed by atoms with Crippen LogP contribution in [0.2, 0.25) is 0 Å². The number of carbonyl (C=O) groups excluding carboxylic acids is 1. The highest BCUT2D eigenvalue weighted by atomic mass is 32.2. The van der Waals surface area contributed by atoms with Gasteiger partial charge in [0.25, 0.3) is 5.91 Å². The number of benzene rings is 1. The fraction of sp³-hybridized carbons (Fsp3) is 0.389. The highest BCUT2D eigenvalue weighted by molar-refractivity contribution is 8.26. The van der Waals surface area contributed by atoms with Crippen molar-refractivity contribution in [1.82, 2.24) is 4.90 Å². The normalized spacial score (nSPS) is 16.8. The molecule has 25 heavy (non-hydrogen) atoms. The highest BCUT2D eigenvalue weighted by Crippen LogP contribution is 2.37. The Labute approximate surface area is 156 Å². The minimum absolute atomic E-state index is 0.00940. The zero-order valence-electron chi connectivity index (χ0n) is 14.4. The summed E-state index contributed by atoms with van der Waals surface area (Å²) in [5.41, 5.74) is 1.15. The van der Waals surface area contributed by atoms with E-state index in [2.05, 4.69) is 0 Å². The molecule has 2 N–H and O–H groups in total. The van der Waals surface area contributed by atoms with Gasteiger partial charge in [-0.2, -0.15) is 0 Å². The van der Waals surface area contributed by atoms with Gasteiger partial charge in [0, 0.05) is 18.5 Å². The number of phenols is 1. The second-order valence-corrected chi connectivity index (χ2v) is 8.50. The minimum Gasteiger partial charge on any atom is -0.507 e. The molecule has 1 aliphatic rings. The largest absolute Gasteiger partial charge is 0.507 e. The molecule has 0 saturated carbocycles. The van der Waals surface area contributed by atoms with E-state index in [9.17, 15) is 14.7 Å². The summed E-state index contributed by atoms with van der Waals surface area (Å²) >= 11 is 6.39. The van der Waals surface area contributed by atoms with Crippen molar-refractivity contribution in [3.63, 3.8) is 0 Å². The van der Waals surface area contributed by atoms with Crippen LogP contribution in [-0.2, 0) is 15.0 Å². The van der Waals surface area contributed by atoms with E-state index >= 15 is 0 Å². The molecule has 0 radical (unpaired) electrons. The number of phenolic OH excluding ortho intramolecular Hbond substituents is 1. The number of carbonyl (C=O) groups is 2. The summed E-state index contributed by atoms with van der Waals surface area (Å²) in [7, 11) is 0. The number of carboxylic acids is 1. The Hall–Kier alpha value is -1.86. The number of amides is 1. The van der Waals surface area contributed by atoms with E-state index in [1.54, 1.807) is 12.1 Å². The van der Waals surface area contributed by atoms with Gasteiger partial charge in [0.05, 0.1) is 4.91 Å². The van der Waals surface area contributed by atoms with E-state index in [0.29, 0.717) is 21.2 Å². The lowest BCUT2D eigenvalue weighted by Gasteiger charge is -2.21. The fourth-order valence-electron chi connectivity index (χ4n) is 2.51. The maximum atomic E-state index is 12.5. The Kier molecular flexibility index (Phi) is 5.90. The molecule has 134 valence electrons. The summed E-state index contributed by atoms with van der Waals surface area (Å²) in [5.74, 6) is -0.989. The number of para-hydroxylation sites is 1. The molecule has 1 fully saturated rings. The van der Waals surface area contributed by atoms with Gasteiger partial charge in [-0.15, -0.1) is 0 Å². The predicted molar refractivity (Wildman–Crippen MR) is 104 cm³/mol. The Morgan fingerprint density at radius 3 is 2.64 bits per heavy atom. The maximum Gasteiger partial charge on any atom is 0.303 e. The molecule has 1 aromatic rings. The van der Waals surface area contributed by atoms with E-state index in [1.807, 2.05) is 32.9 Å². The zero-order valence-corrected chi connectivity index (χ0v) is 16.0. The second-order valence-electron chi connectivity index (χ2n) is 6.82. The number of hydrogen-bond acceptors (Lipinski definition) is 5. The van der Waals surface area contributed by atoms with E-state index in [4.69, 9.17) is 17.3 Å². The maximum absolute atomic E-state index is 12.5. The molecule has 5 nitrogen and oxygen atoms in total. The first-order valence-electron chi connectivity index (χ1n) is 7.91. The molecule has 1 saturated heterocycles. The molecule has 7 heteroatoms. The summed E-state index contributed by atoms with van der Waals surface area (Å²) in [5, 5.41) is 19.2. The topological polar surface area (TPSA) is 77.8 Å². The van der Waals surface area contributed by atoms with E-state index < -0.39 is 5.97 Å². The monoisotopic (exact) mass is 379 g/mol. The molecule has 0 aliphatic carbocycles. The summed E-state index contributed by atoms with van der Waals surface area (Å²) in [6.07, 6.45) is 1.98. The average molecular weight is 380 g/mol. The highest BCUT2D eigenvalue weighted by Gasteiger charge is 2.32. The standard InChI is InChI=1S/C18H21NO4S2/c1-18(2,3)12-7-4-6-11(15(12)22)10-13-16(23)19(17(24)25-13)9-5-8-14(20)21/h4,6-7,10,22H,5,8-9H2,1-3H3,(H,20,21)/b13-10-. The number of nitrogens with zero attached hydrogens (tertiary/aromatic N) is 1. The smallest absolute Gasteiger partial charge is 0.303 e. The van der Waals surface area contributed by atoms with Crippen LogP contribution in [0.5, 0.6) is 5.75 Å². The number of thioether (sulfide) groups is 1. The lowest BCUT2D eigenvalue weighted by molar-refractivity contribution is -0.137. The van der Waals surface area contributed by atoms with Gasteiger partial charge >= 0.3 is 5.97 Å². The van der Waals surface area contributed by atoms with Crippen LogP contribution in [0.4, 0.5) is 0 Å². The average Bonchev–Trinajstić information content (AvgIpc) is 2.75. The van der Waals surface area contributed by atoms with Crippen molar-refractivity contribution in [1.29, 1.82) is 0 Å². The van der Waals surface area contributed by atoms with Crippen molar-refractivity contribution in [2.75, 3.05) is 6.54 Å². The van der Waals surface area contributed by atoms with Gasteiger partial charge in [-0.25, -0.2) is 0 Å². The van der Waals surface area contributed by atoms with Crippen molar-refractivity contribution >= 4 is 46.3 Å². The first-order valence-corrected chi connectivity index (χ1v) is 9.13. The van der Waals surface area contributed by atoms with Gasteiger partial charge in [0.1, 0.15) is 10.1 Å². The molecule has 1 aromatic carbocycles. The molecule has 2 rings (SSSR count). The summed E-state index contributed by atoms with van der Waals surface area (Å²) in [4.78, 5) is 25.0. The van der Waals surface area contributed by atoms with Crippen LogP contribution >= 0.6 is 24.0 Å². The van der Waals surface area contributed by atoms with E-state index in [1.165, 1.54) is 16.7 Å². The molecule has 1 amide bonds. The van der Waals surface area contributed by atoms with Crippen molar-refractivity contribution in [2.45, 2.75) is 39.0 Å². The lowest BCUT2D eigenvalue weighted by atomic mass is 9.85. The number of thiocarbonyl (C=S) groups is 1. The molecule has 1 aliphatic heterocycles. The SMILES string of the molecule is CC(C)(C)c1cccc(/C=C2\SC(=S)N(CCCC(=O)O)C2=O)c1O. The van der Waals surface area contributed by atoms with E-state index in [-0.39, 0.29) is 30.0 Å². The molecule has 1 heterocycles. The number of aliphatic carboxylic acids is 1. The molecule has 0 bridgehead atoms. The van der Waals surface area contributed by atoms with Crippen LogP contribution in [0.3, 0.4) is 0 Å². The summed E-state index contributed by atoms with van der Waals surface area (Å²) in [6.45, 7) is 6.30. The third-order valence-corrected chi connectivity index (χ3v) is 5.19. The van der Waals surface area contributed by atoms with Gasteiger partial charge in [-0.1, -0.05) is 63.0 Å². The molecule has 0 atom stereocenters. The van der Waals surface area contributed by atoms with Crippen molar-refractivity contribution < 1.29 is 19.8 Å². The van der Waals surface area contributed by atoms with Gasteiger partial charge in [-0.05, 0) is 23.5 Å². The first-order chi connectivity index (χ1) is 11.6. The summed E-state index contributed by atoms with van der Waals surface area (Å²) < 4.78 is 0.410. The van der Waals surface area contributed by atoms with Gasteiger partial charge in [0.2, 0.25) is 0 Å². The van der Waals surface area contributed by atoms with Crippen molar-refractivity contribution in [3.8, 4) is 5.75 Å². The third-order valence-electron chi connectivity index (χ3n) is 3.81. The zero-order chi connectivity index (χ0) is 18.8. The van der Waals surface area contributed by atoms with Crippen LogP contribution in [0.15, 0.2) is 23.1 Å². The van der Waals surface area contributed by atoms with Crippen LogP contribution in [0, 0.1) is 0 Å². The molecular weight excluding hydrogens is 358 g/mol. The molecule has 0 aromatic heterocycles. The van der Waals surface area contributed by atoms with E-state index in [0.717, 1.165) is 5.56 Å². The van der Waals surface area contributed by atoms with Crippen LogP contribution in [-0.4, -0.2) is 37.9 Å². The molecule has 0 spiro atoms. The Bertz CT molecular complexity index is 750. The molecular formula is C18H21NO4S2. The van der Waals surface area contributed by atoms with Crippen LogP contribution in [0.25, 0.3) is 6.08 Å². The van der Waals surface area contributed by atoms with Crippen molar-refractivity contribution in [2.24, 2.45) is 0 Å². The number of aromatic hydroxyl groups is 1. The number of rotatable bonds is 5.